The van der Waals surface area contributed by atoms with E-state index in [-0.39, 0.29) is 17.3 Å². The van der Waals surface area contributed by atoms with E-state index in [1.807, 2.05) is 4.90 Å². The summed E-state index contributed by atoms with van der Waals surface area (Å²) in [6.45, 7) is 1.85. The molecule has 0 radical (unpaired) electrons. The van der Waals surface area contributed by atoms with Gasteiger partial charge in [0.2, 0.25) is 5.91 Å². The molecule has 2 rings (SSSR count). The predicted octanol–water partition coefficient (Wildman–Crippen LogP) is 2.08. The van der Waals surface area contributed by atoms with Crippen LogP contribution in [0.15, 0.2) is 0 Å². The summed E-state index contributed by atoms with van der Waals surface area (Å²) >= 11 is 1.68. The second kappa shape index (κ2) is 6.64. The lowest BCUT2D eigenvalue weighted by atomic mass is 10.1. The van der Waals surface area contributed by atoms with Crippen LogP contribution in [0.25, 0.3) is 0 Å². The Morgan fingerprint density at radius 2 is 1.89 bits per heavy atom. The van der Waals surface area contributed by atoms with E-state index in [0.29, 0.717) is 12.2 Å². The highest BCUT2D eigenvalue weighted by molar-refractivity contribution is 7.99. The van der Waals surface area contributed by atoms with E-state index >= 15 is 0 Å². The molecule has 0 aromatic rings. The molecule has 1 aliphatic carbocycles. The SMILES string of the molecule is COC(=O)CC1(CSCC(=O)N2CCCCC2)CC1. The molecule has 19 heavy (non-hydrogen) atoms. The number of piperidine rings is 1. The first-order valence-corrected chi connectivity index (χ1v) is 8.23. The molecule has 0 aromatic heterocycles. The molecule has 108 valence electrons. The summed E-state index contributed by atoms with van der Waals surface area (Å²) in [7, 11) is 1.44. The van der Waals surface area contributed by atoms with Crippen LogP contribution in [-0.4, -0.2) is 48.5 Å². The Morgan fingerprint density at radius 3 is 2.47 bits per heavy atom. The number of hydrogen-bond acceptors (Lipinski definition) is 4. The Morgan fingerprint density at radius 1 is 1.21 bits per heavy atom. The average Bonchev–Trinajstić information content (AvgIpc) is 3.19. The van der Waals surface area contributed by atoms with E-state index < -0.39 is 0 Å². The Labute approximate surface area is 119 Å². The smallest absolute Gasteiger partial charge is 0.306 e. The summed E-state index contributed by atoms with van der Waals surface area (Å²) in [5, 5.41) is 0. The summed E-state index contributed by atoms with van der Waals surface area (Å²) in [5.74, 6) is 1.60. The summed E-state index contributed by atoms with van der Waals surface area (Å²) in [4.78, 5) is 25.3. The highest BCUT2D eigenvalue weighted by Gasteiger charge is 2.44. The van der Waals surface area contributed by atoms with E-state index in [9.17, 15) is 9.59 Å². The maximum absolute atomic E-state index is 12.0. The van der Waals surface area contributed by atoms with Gasteiger partial charge < -0.3 is 9.64 Å². The minimum atomic E-state index is -0.125. The zero-order valence-electron chi connectivity index (χ0n) is 11.7. The molecule has 1 amide bonds. The van der Waals surface area contributed by atoms with E-state index in [0.717, 1.165) is 44.5 Å². The molecule has 0 N–H and O–H groups in total. The number of amides is 1. The Bertz CT molecular complexity index is 336. The van der Waals surface area contributed by atoms with Crippen LogP contribution in [0.1, 0.15) is 38.5 Å². The number of carbonyl (C=O) groups excluding carboxylic acids is 2. The average molecular weight is 285 g/mol. The summed E-state index contributed by atoms with van der Waals surface area (Å²) in [5.41, 5.74) is 0.125. The van der Waals surface area contributed by atoms with Gasteiger partial charge in [0.05, 0.1) is 19.3 Å². The standard InChI is InChI=1S/C14H23NO3S/c1-18-13(17)9-14(5-6-14)11-19-10-12(16)15-7-3-2-4-8-15/h2-11H2,1H3. The quantitative estimate of drug-likeness (QED) is 0.701. The third kappa shape index (κ3) is 4.41. The number of esters is 1. The van der Waals surface area contributed by atoms with Gasteiger partial charge in [0.25, 0.3) is 0 Å². The Hall–Kier alpha value is -0.710. The monoisotopic (exact) mass is 285 g/mol. The Kier molecular flexibility index (Phi) is 5.13. The first-order valence-electron chi connectivity index (χ1n) is 7.08. The van der Waals surface area contributed by atoms with E-state index in [1.165, 1.54) is 13.5 Å². The normalized spacial score (nSPS) is 21.0. The van der Waals surface area contributed by atoms with Gasteiger partial charge in [-0.3, -0.25) is 9.59 Å². The molecule has 0 unspecified atom stereocenters. The van der Waals surface area contributed by atoms with E-state index in [2.05, 4.69) is 0 Å². The first kappa shape index (κ1) is 14.7. The van der Waals surface area contributed by atoms with E-state index in [4.69, 9.17) is 4.74 Å². The molecule has 0 bridgehead atoms. The number of thioether (sulfide) groups is 1. The van der Waals surface area contributed by atoms with Gasteiger partial charge in [0.1, 0.15) is 0 Å². The summed E-state index contributed by atoms with van der Waals surface area (Å²) < 4.78 is 4.73. The van der Waals surface area contributed by atoms with Crippen molar-refractivity contribution in [3.05, 3.63) is 0 Å². The van der Waals surface area contributed by atoms with Crippen LogP contribution in [0.5, 0.6) is 0 Å². The lowest BCUT2D eigenvalue weighted by Crippen LogP contribution is -2.36. The van der Waals surface area contributed by atoms with Gasteiger partial charge in [-0.25, -0.2) is 0 Å². The van der Waals surface area contributed by atoms with Crippen molar-refractivity contribution in [1.29, 1.82) is 0 Å². The molecule has 4 nitrogen and oxygen atoms in total. The lowest BCUT2D eigenvalue weighted by Gasteiger charge is -2.26. The number of hydrogen-bond donors (Lipinski definition) is 0. The molecule has 1 heterocycles. The molecular formula is C14H23NO3S. The van der Waals surface area contributed by atoms with Gasteiger partial charge in [-0.1, -0.05) is 0 Å². The van der Waals surface area contributed by atoms with Crippen molar-refractivity contribution in [2.75, 3.05) is 31.7 Å². The second-order valence-electron chi connectivity index (χ2n) is 5.69. The highest BCUT2D eigenvalue weighted by atomic mass is 32.2. The molecule has 1 saturated carbocycles. The van der Waals surface area contributed by atoms with Crippen molar-refractivity contribution in [2.24, 2.45) is 5.41 Å². The Balaban J connectivity index is 1.65. The zero-order valence-corrected chi connectivity index (χ0v) is 12.5. The molecule has 2 aliphatic rings. The maximum atomic E-state index is 12.0. The summed E-state index contributed by atoms with van der Waals surface area (Å²) in [6.07, 6.45) is 6.22. The fourth-order valence-electron chi connectivity index (χ4n) is 2.52. The number of nitrogens with zero attached hydrogens (tertiary/aromatic N) is 1. The van der Waals surface area contributed by atoms with Crippen LogP contribution >= 0.6 is 11.8 Å². The molecule has 1 saturated heterocycles. The van der Waals surface area contributed by atoms with Crippen molar-refractivity contribution >= 4 is 23.6 Å². The fourth-order valence-corrected chi connectivity index (χ4v) is 3.80. The zero-order chi connectivity index (χ0) is 13.7. The molecular weight excluding hydrogens is 262 g/mol. The number of ether oxygens (including phenoxy) is 1. The highest BCUT2D eigenvalue weighted by Crippen LogP contribution is 2.51. The number of likely N-dealkylation sites (tertiary alicyclic amines) is 1. The van der Waals surface area contributed by atoms with Gasteiger partial charge in [0.15, 0.2) is 0 Å². The van der Waals surface area contributed by atoms with Gasteiger partial charge in [-0.15, -0.1) is 0 Å². The molecule has 5 heteroatoms. The van der Waals surface area contributed by atoms with Crippen molar-refractivity contribution in [3.8, 4) is 0 Å². The fraction of sp³-hybridized carbons (Fsp3) is 0.857. The first-order chi connectivity index (χ1) is 9.15. The molecule has 0 spiro atoms. The van der Waals surface area contributed by atoms with Gasteiger partial charge >= 0.3 is 5.97 Å². The molecule has 0 aromatic carbocycles. The van der Waals surface area contributed by atoms with E-state index in [1.54, 1.807) is 11.8 Å². The summed E-state index contributed by atoms with van der Waals surface area (Å²) in [6, 6.07) is 0. The minimum absolute atomic E-state index is 0.125. The van der Waals surface area contributed by atoms with Crippen molar-refractivity contribution in [2.45, 2.75) is 38.5 Å². The van der Waals surface area contributed by atoms with Crippen LogP contribution < -0.4 is 0 Å². The van der Waals surface area contributed by atoms with Gasteiger partial charge in [-0.05, 0) is 43.3 Å². The third-order valence-electron chi connectivity index (χ3n) is 4.05. The number of methoxy groups -OCH3 is 1. The number of rotatable bonds is 6. The van der Waals surface area contributed by atoms with Gasteiger partial charge in [0, 0.05) is 13.1 Å². The van der Waals surface area contributed by atoms with Crippen LogP contribution in [0.4, 0.5) is 0 Å². The third-order valence-corrected chi connectivity index (χ3v) is 5.31. The largest absolute Gasteiger partial charge is 0.469 e. The van der Waals surface area contributed by atoms with Crippen LogP contribution in [0.3, 0.4) is 0 Å². The maximum Gasteiger partial charge on any atom is 0.306 e. The minimum Gasteiger partial charge on any atom is -0.469 e. The van der Waals surface area contributed by atoms with Crippen molar-refractivity contribution in [3.63, 3.8) is 0 Å². The van der Waals surface area contributed by atoms with Gasteiger partial charge in [-0.2, -0.15) is 11.8 Å². The number of carbonyl (C=O) groups is 2. The molecule has 0 atom stereocenters. The lowest BCUT2D eigenvalue weighted by molar-refractivity contribution is -0.141. The molecule has 2 fully saturated rings. The van der Waals surface area contributed by atoms with Crippen molar-refractivity contribution < 1.29 is 14.3 Å². The van der Waals surface area contributed by atoms with Crippen LogP contribution in [0, 0.1) is 5.41 Å². The second-order valence-corrected chi connectivity index (χ2v) is 6.67. The van der Waals surface area contributed by atoms with Crippen LogP contribution in [-0.2, 0) is 14.3 Å². The van der Waals surface area contributed by atoms with Crippen molar-refractivity contribution in [1.82, 2.24) is 4.90 Å². The predicted molar refractivity (Wildman–Crippen MR) is 76.1 cm³/mol. The van der Waals surface area contributed by atoms with Crippen LogP contribution in [0.2, 0.25) is 0 Å². The topological polar surface area (TPSA) is 46.6 Å². The molecule has 1 aliphatic heterocycles.